The summed E-state index contributed by atoms with van der Waals surface area (Å²) in [7, 11) is 0. The molecule has 0 bridgehead atoms. The van der Waals surface area contributed by atoms with Gasteiger partial charge in [0, 0.05) is 6.20 Å². The number of aryl methyl sites for hydroxylation is 2. The zero-order chi connectivity index (χ0) is 16.8. The largest absolute Gasteiger partial charge is 0.341 e. The van der Waals surface area contributed by atoms with Crippen molar-refractivity contribution >= 4 is 17.6 Å². The van der Waals surface area contributed by atoms with Crippen LogP contribution in [0.2, 0.25) is 0 Å². The van der Waals surface area contributed by atoms with Gasteiger partial charge in [-0.3, -0.25) is 9.59 Å². The molecule has 0 spiro atoms. The van der Waals surface area contributed by atoms with Gasteiger partial charge in [-0.15, -0.1) is 0 Å². The molecule has 23 heavy (non-hydrogen) atoms. The molecule has 0 aliphatic heterocycles. The molecule has 5 heteroatoms. The van der Waals surface area contributed by atoms with E-state index >= 15 is 0 Å². The number of aromatic nitrogens is 1. The highest BCUT2D eigenvalue weighted by Crippen LogP contribution is 2.13. The monoisotopic (exact) mass is 311 g/mol. The third kappa shape index (κ3) is 4.64. The summed E-state index contributed by atoms with van der Waals surface area (Å²) >= 11 is 0. The van der Waals surface area contributed by atoms with Gasteiger partial charge in [0.05, 0.1) is 6.04 Å². The summed E-state index contributed by atoms with van der Waals surface area (Å²) in [6.07, 6.45) is 2.60. The van der Waals surface area contributed by atoms with E-state index < -0.39 is 11.8 Å². The van der Waals surface area contributed by atoms with Crippen LogP contribution in [0.15, 0.2) is 42.6 Å². The van der Waals surface area contributed by atoms with Gasteiger partial charge in [0.25, 0.3) is 0 Å². The normalized spacial score (nSPS) is 11.6. The summed E-state index contributed by atoms with van der Waals surface area (Å²) in [5.41, 5.74) is 3.17. The molecule has 0 radical (unpaired) electrons. The topological polar surface area (TPSA) is 71.1 Å². The molecular weight excluding hydrogens is 290 g/mol. The van der Waals surface area contributed by atoms with Crippen molar-refractivity contribution in [3.05, 3.63) is 59.3 Å². The molecule has 1 unspecified atom stereocenters. The Bertz CT molecular complexity index is 678. The fourth-order valence-electron chi connectivity index (χ4n) is 2.10. The number of benzene rings is 1. The Hall–Kier alpha value is -2.69. The Morgan fingerprint density at radius 1 is 1.09 bits per heavy atom. The van der Waals surface area contributed by atoms with E-state index in [9.17, 15) is 9.59 Å². The molecule has 5 nitrogen and oxygen atoms in total. The van der Waals surface area contributed by atoms with Crippen molar-refractivity contribution < 1.29 is 9.59 Å². The van der Waals surface area contributed by atoms with E-state index in [1.165, 1.54) is 5.56 Å². The van der Waals surface area contributed by atoms with Crippen molar-refractivity contribution in [2.75, 3.05) is 5.32 Å². The van der Waals surface area contributed by atoms with Crippen molar-refractivity contribution in [1.29, 1.82) is 0 Å². The molecule has 2 N–H and O–H groups in total. The van der Waals surface area contributed by atoms with Gasteiger partial charge in [-0.2, -0.15) is 0 Å². The molecule has 0 aliphatic rings. The molecule has 0 fully saturated rings. The number of nitrogens with one attached hydrogen (secondary N) is 2. The summed E-state index contributed by atoms with van der Waals surface area (Å²) in [6.45, 7) is 5.83. The molecule has 2 aromatic rings. The van der Waals surface area contributed by atoms with E-state index in [0.717, 1.165) is 17.5 Å². The average Bonchev–Trinajstić information content (AvgIpc) is 2.56. The first-order valence-electron chi connectivity index (χ1n) is 7.63. The standard InChI is InChI=1S/C18H21N3O2/c1-4-14-6-8-15(9-7-14)13(3)20-17(22)18(23)21-16-10-5-12(2)11-19-16/h5-11,13H,4H2,1-3H3,(H,20,22)(H,19,21,23). The fourth-order valence-corrected chi connectivity index (χ4v) is 2.10. The lowest BCUT2D eigenvalue weighted by Crippen LogP contribution is -2.37. The lowest BCUT2D eigenvalue weighted by molar-refractivity contribution is -0.136. The van der Waals surface area contributed by atoms with Crippen LogP contribution in [-0.2, 0) is 16.0 Å². The van der Waals surface area contributed by atoms with E-state index in [1.54, 1.807) is 12.3 Å². The molecule has 1 aromatic carbocycles. The van der Waals surface area contributed by atoms with Gasteiger partial charge in [0.2, 0.25) is 0 Å². The molecule has 0 aliphatic carbocycles. The lowest BCUT2D eigenvalue weighted by Gasteiger charge is -2.14. The number of carbonyl (C=O) groups is 2. The Morgan fingerprint density at radius 2 is 1.78 bits per heavy atom. The van der Waals surface area contributed by atoms with E-state index in [2.05, 4.69) is 22.5 Å². The minimum Gasteiger partial charge on any atom is -0.341 e. The van der Waals surface area contributed by atoms with Gasteiger partial charge < -0.3 is 10.6 Å². The highest BCUT2D eigenvalue weighted by Gasteiger charge is 2.17. The van der Waals surface area contributed by atoms with Gasteiger partial charge in [0.15, 0.2) is 0 Å². The number of amides is 2. The van der Waals surface area contributed by atoms with Crippen molar-refractivity contribution in [3.8, 4) is 0 Å². The third-order valence-electron chi connectivity index (χ3n) is 3.59. The number of rotatable bonds is 4. The molecule has 0 saturated heterocycles. The van der Waals surface area contributed by atoms with Crippen LogP contribution in [0, 0.1) is 6.92 Å². The molecule has 120 valence electrons. The maximum Gasteiger partial charge on any atom is 0.314 e. The van der Waals surface area contributed by atoms with Gasteiger partial charge in [-0.25, -0.2) is 4.98 Å². The molecule has 1 heterocycles. The SMILES string of the molecule is CCc1ccc(C(C)NC(=O)C(=O)Nc2ccc(C)cn2)cc1. The summed E-state index contributed by atoms with van der Waals surface area (Å²) in [6, 6.07) is 11.2. The van der Waals surface area contributed by atoms with Crippen molar-refractivity contribution in [3.63, 3.8) is 0 Å². The van der Waals surface area contributed by atoms with Gasteiger partial charge >= 0.3 is 11.8 Å². The van der Waals surface area contributed by atoms with E-state index in [0.29, 0.717) is 5.82 Å². The van der Waals surface area contributed by atoms with Crippen LogP contribution in [-0.4, -0.2) is 16.8 Å². The summed E-state index contributed by atoms with van der Waals surface area (Å²) in [5, 5.41) is 5.17. The second kappa shape index (κ2) is 7.54. The summed E-state index contributed by atoms with van der Waals surface area (Å²) in [5.74, 6) is -1.05. The highest BCUT2D eigenvalue weighted by molar-refractivity contribution is 6.39. The zero-order valence-corrected chi connectivity index (χ0v) is 13.6. The highest BCUT2D eigenvalue weighted by atomic mass is 16.2. The number of hydrogen-bond acceptors (Lipinski definition) is 3. The molecule has 2 rings (SSSR count). The average molecular weight is 311 g/mol. The van der Waals surface area contributed by atoms with E-state index in [-0.39, 0.29) is 6.04 Å². The maximum atomic E-state index is 12.0. The first-order chi connectivity index (χ1) is 11.0. The van der Waals surface area contributed by atoms with Crippen LogP contribution in [0.1, 0.15) is 36.6 Å². The second-order valence-corrected chi connectivity index (χ2v) is 5.47. The van der Waals surface area contributed by atoms with Gasteiger partial charge in [0.1, 0.15) is 5.82 Å². The molecule has 1 aromatic heterocycles. The van der Waals surface area contributed by atoms with Crippen LogP contribution in [0.5, 0.6) is 0 Å². The zero-order valence-electron chi connectivity index (χ0n) is 13.6. The molecule has 2 amide bonds. The van der Waals surface area contributed by atoms with Crippen molar-refractivity contribution in [2.24, 2.45) is 0 Å². The van der Waals surface area contributed by atoms with Crippen molar-refractivity contribution in [2.45, 2.75) is 33.2 Å². The smallest absolute Gasteiger partial charge is 0.314 e. The van der Waals surface area contributed by atoms with Crippen LogP contribution >= 0.6 is 0 Å². The lowest BCUT2D eigenvalue weighted by atomic mass is 10.1. The van der Waals surface area contributed by atoms with E-state index in [4.69, 9.17) is 0 Å². The fraction of sp³-hybridized carbons (Fsp3) is 0.278. The first-order valence-corrected chi connectivity index (χ1v) is 7.63. The second-order valence-electron chi connectivity index (χ2n) is 5.47. The Morgan fingerprint density at radius 3 is 2.35 bits per heavy atom. The number of nitrogens with zero attached hydrogens (tertiary/aromatic N) is 1. The van der Waals surface area contributed by atoms with Gasteiger partial charge in [-0.05, 0) is 43.0 Å². The molecular formula is C18H21N3O2. The van der Waals surface area contributed by atoms with Crippen LogP contribution in [0.25, 0.3) is 0 Å². The molecule has 1 atom stereocenters. The Balaban J connectivity index is 1.94. The predicted octanol–water partition coefficient (Wildman–Crippen LogP) is 2.77. The van der Waals surface area contributed by atoms with Crippen LogP contribution in [0.4, 0.5) is 5.82 Å². The maximum absolute atomic E-state index is 12.0. The van der Waals surface area contributed by atoms with Gasteiger partial charge in [-0.1, -0.05) is 37.3 Å². The minimum absolute atomic E-state index is 0.245. The van der Waals surface area contributed by atoms with Crippen LogP contribution in [0.3, 0.4) is 0 Å². The first kappa shape index (κ1) is 16.7. The quantitative estimate of drug-likeness (QED) is 0.853. The van der Waals surface area contributed by atoms with Crippen LogP contribution < -0.4 is 10.6 Å². The number of carbonyl (C=O) groups excluding carboxylic acids is 2. The minimum atomic E-state index is -0.724. The number of hydrogen-bond donors (Lipinski definition) is 2. The van der Waals surface area contributed by atoms with E-state index in [1.807, 2.05) is 44.2 Å². The summed E-state index contributed by atoms with van der Waals surface area (Å²) in [4.78, 5) is 27.9. The van der Waals surface area contributed by atoms with Crippen molar-refractivity contribution in [1.82, 2.24) is 10.3 Å². The Kier molecular flexibility index (Phi) is 5.46. The third-order valence-corrected chi connectivity index (χ3v) is 3.59. The predicted molar refractivity (Wildman–Crippen MR) is 90.0 cm³/mol. The summed E-state index contributed by atoms with van der Waals surface area (Å²) < 4.78 is 0. The number of anilines is 1. The molecule has 0 saturated carbocycles. The Labute approximate surface area is 136 Å². The number of pyridine rings is 1.